The largest absolute Gasteiger partial charge is 0.463 e. The molecule has 4 rings (SSSR count). The van der Waals surface area contributed by atoms with Crippen LogP contribution < -0.4 is 5.56 Å². The maximum atomic E-state index is 12.8. The first-order valence-corrected chi connectivity index (χ1v) is 8.88. The minimum Gasteiger partial charge on any atom is -0.463 e. The van der Waals surface area contributed by atoms with Gasteiger partial charge >= 0.3 is 0 Å². The Morgan fingerprint density at radius 2 is 2.20 bits per heavy atom. The SMILES string of the molecule is CCc1nn(CC(=O)N2CCCC[C@@H]2C)c(=O)c2cc3occc3n12. The van der Waals surface area contributed by atoms with Gasteiger partial charge in [-0.2, -0.15) is 5.10 Å². The van der Waals surface area contributed by atoms with Crippen molar-refractivity contribution in [3.63, 3.8) is 0 Å². The Labute approximate surface area is 144 Å². The van der Waals surface area contributed by atoms with Crippen molar-refractivity contribution in [2.75, 3.05) is 6.54 Å². The number of furan rings is 1. The smallest absolute Gasteiger partial charge is 0.291 e. The number of hydrogen-bond acceptors (Lipinski definition) is 4. The minimum atomic E-state index is -0.262. The van der Waals surface area contributed by atoms with E-state index < -0.39 is 0 Å². The average Bonchev–Trinajstić information content (AvgIpc) is 3.19. The maximum Gasteiger partial charge on any atom is 0.291 e. The average molecular weight is 342 g/mol. The fraction of sp³-hybridized carbons (Fsp3) is 0.500. The van der Waals surface area contributed by atoms with Crippen LogP contribution >= 0.6 is 0 Å². The van der Waals surface area contributed by atoms with Gasteiger partial charge in [-0.15, -0.1) is 0 Å². The van der Waals surface area contributed by atoms with Crippen LogP contribution in [0.3, 0.4) is 0 Å². The summed E-state index contributed by atoms with van der Waals surface area (Å²) in [6.45, 7) is 4.79. The molecule has 1 atom stereocenters. The zero-order valence-electron chi connectivity index (χ0n) is 14.6. The molecule has 3 aromatic heterocycles. The van der Waals surface area contributed by atoms with Gasteiger partial charge in [0.25, 0.3) is 5.56 Å². The number of likely N-dealkylation sites (tertiary alicyclic amines) is 1. The fourth-order valence-electron chi connectivity index (χ4n) is 3.75. The highest BCUT2D eigenvalue weighted by Gasteiger charge is 2.24. The molecule has 4 heterocycles. The molecular formula is C18H22N4O3. The van der Waals surface area contributed by atoms with Gasteiger partial charge < -0.3 is 9.32 Å². The summed E-state index contributed by atoms with van der Waals surface area (Å²) in [6.07, 6.45) is 5.44. The molecule has 0 unspecified atom stereocenters. The van der Waals surface area contributed by atoms with Crippen molar-refractivity contribution in [3.05, 3.63) is 34.6 Å². The van der Waals surface area contributed by atoms with Crippen molar-refractivity contribution in [2.24, 2.45) is 0 Å². The summed E-state index contributed by atoms with van der Waals surface area (Å²) in [5.41, 5.74) is 1.73. The molecule has 0 aliphatic carbocycles. The Morgan fingerprint density at radius 3 is 2.96 bits per heavy atom. The molecule has 3 aromatic rings. The summed E-state index contributed by atoms with van der Waals surface area (Å²) in [7, 11) is 0. The number of aryl methyl sites for hydroxylation is 1. The van der Waals surface area contributed by atoms with E-state index in [4.69, 9.17) is 4.42 Å². The molecule has 0 spiro atoms. The van der Waals surface area contributed by atoms with E-state index in [2.05, 4.69) is 12.0 Å². The third kappa shape index (κ3) is 2.54. The first kappa shape index (κ1) is 15.9. The standard InChI is InChI=1S/C18H22N4O3/c1-3-16-19-21(11-17(23)20-8-5-4-6-12(20)2)18(24)14-10-15-13(22(14)16)7-9-25-15/h7,9-10,12H,3-6,8,11H2,1-2H3/t12-/m0/s1. The van der Waals surface area contributed by atoms with E-state index in [-0.39, 0.29) is 24.1 Å². The van der Waals surface area contributed by atoms with E-state index in [9.17, 15) is 9.59 Å². The van der Waals surface area contributed by atoms with Crippen LogP contribution in [0.5, 0.6) is 0 Å². The molecule has 0 saturated carbocycles. The van der Waals surface area contributed by atoms with Crippen molar-refractivity contribution >= 4 is 22.5 Å². The number of carbonyl (C=O) groups excluding carboxylic acids is 1. The van der Waals surface area contributed by atoms with Gasteiger partial charge in [-0.05, 0) is 26.2 Å². The maximum absolute atomic E-state index is 12.8. The van der Waals surface area contributed by atoms with Crippen LogP contribution in [0.15, 0.2) is 27.6 Å². The van der Waals surface area contributed by atoms with E-state index >= 15 is 0 Å². The predicted octanol–water partition coefficient (Wildman–Crippen LogP) is 2.21. The highest BCUT2D eigenvalue weighted by Crippen LogP contribution is 2.21. The molecule has 7 heteroatoms. The monoisotopic (exact) mass is 342 g/mol. The Morgan fingerprint density at radius 1 is 1.36 bits per heavy atom. The Bertz CT molecular complexity index is 997. The lowest BCUT2D eigenvalue weighted by Gasteiger charge is -2.33. The Kier molecular flexibility index (Phi) is 3.86. The highest BCUT2D eigenvalue weighted by atomic mass is 16.3. The van der Waals surface area contributed by atoms with Gasteiger partial charge in [-0.1, -0.05) is 6.92 Å². The van der Waals surface area contributed by atoms with Gasteiger partial charge in [0, 0.05) is 31.1 Å². The molecule has 0 aromatic carbocycles. The summed E-state index contributed by atoms with van der Waals surface area (Å²) < 4.78 is 8.54. The Hall–Kier alpha value is -2.57. The van der Waals surface area contributed by atoms with E-state index in [1.165, 1.54) is 4.68 Å². The lowest BCUT2D eigenvalue weighted by Crippen LogP contribution is -2.45. The van der Waals surface area contributed by atoms with Crippen molar-refractivity contribution in [1.82, 2.24) is 19.1 Å². The second kappa shape index (κ2) is 6.06. The number of aromatic nitrogens is 3. The van der Waals surface area contributed by atoms with Gasteiger partial charge in [0.2, 0.25) is 5.91 Å². The second-order valence-electron chi connectivity index (χ2n) is 6.70. The van der Waals surface area contributed by atoms with Crippen molar-refractivity contribution < 1.29 is 9.21 Å². The lowest BCUT2D eigenvalue weighted by molar-refractivity contribution is -0.135. The molecule has 1 aliphatic rings. The third-order valence-electron chi connectivity index (χ3n) is 5.10. The van der Waals surface area contributed by atoms with E-state index in [1.54, 1.807) is 12.3 Å². The third-order valence-corrected chi connectivity index (χ3v) is 5.10. The number of fused-ring (bicyclic) bond motifs is 3. The quantitative estimate of drug-likeness (QED) is 0.731. The summed E-state index contributed by atoms with van der Waals surface area (Å²) >= 11 is 0. The van der Waals surface area contributed by atoms with Crippen LogP contribution in [0.25, 0.3) is 16.6 Å². The van der Waals surface area contributed by atoms with E-state index in [0.29, 0.717) is 17.5 Å². The summed E-state index contributed by atoms with van der Waals surface area (Å²) in [5, 5.41) is 4.46. The minimum absolute atomic E-state index is 0.0147. The van der Waals surface area contributed by atoms with Crippen molar-refractivity contribution in [2.45, 2.75) is 52.1 Å². The van der Waals surface area contributed by atoms with Gasteiger partial charge in [0.15, 0.2) is 5.58 Å². The lowest BCUT2D eigenvalue weighted by atomic mass is 10.0. The van der Waals surface area contributed by atoms with Gasteiger partial charge in [-0.3, -0.25) is 14.0 Å². The molecular weight excluding hydrogens is 320 g/mol. The number of amides is 1. The number of nitrogens with zero attached hydrogens (tertiary/aromatic N) is 4. The normalized spacial score (nSPS) is 18.3. The summed E-state index contributed by atoms with van der Waals surface area (Å²) in [4.78, 5) is 27.4. The first-order chi connectivity index (χ1) is 12.1. The van der Waals surface area contributed by atoms with Gasteiger partial charge in [-0.25, -0.2) is 4.68 Å². The zero-order chi connectivity index (χ0) is 17.6. The first-order valence-electron chi connectivity index (χ1n) is 8.88. The molecule has 1 aliphatic heterocycles. The molecule has 0 radical (unpaired) electrons. The highest BCUT2D eigenvalue weighted by molar-refractivity contribution is 5.82. The number of hydrogen-bond donors (Lipinski definition) is 0. The number of carbonyl (C=O) groups is 1. The predicted molar refractivity (Wildman–Crippen MR) is 93.6 cm³/mol. The van der Waals surface area contributed by atoms with Crippen LogP contribution in [-0.4, -0.2) is 37.6 Å². The molecule has 7 nitrogen and oxygen atoms in total. The molecule has 0 N–H and O–H groups in total. The number of rotatable bonds is 3. The summed E-state index contributed by atoms with van der Waals surface area (Å²) in [6, 6.07) is 3.78. The van der Waals surface area contributed by atoms with E-state index in [1.807, 2.05) is 22.3 Å². The molecule has 25 heavy (non-hydrogen) atoms. The van der Waals surface area contributed by atoms with Crippen molar-refractivity contribution in [1.29, 1.82) is 0 Å². The molecule has 1 saturated heterocycles. The van der Waals surface area contributed by atoms with Crippen molar-refractivity contribution in [3.8, 4) is 0 Å². The molecule has 1 fully saturated rings. The van der Waals surface area contributed by atoms with Crippen LogP contribution in [0.2, 0.25) is 0 Å². The van der Waals surface area contributed by atoms with Crippen LogP contribution in [0.1, 0.15) is 38.9 Å². The van der Waals surface area contributed by atoms with Crippen LogP contribution in [-0.2, 0) is 17.8 Å². The molecule has 1 amide bonds. The zero-order valence-corrected chi connectivity index (χ0v) is 14.6. The molecule has 132 valence electrons. The molecule has 0 bridgehead atoms. The Balaban J connectivity index is 1.76. The van der Waals surface area contributed by atoms with E-state index in [0.717, 1.165) is 37.1 Å². The van der Waals surface area contributed by atoms with Crippen LogP contribution in [0, 0.1) is 0 Å². The second-order valence-corrected chi connectivity index (χ2v) is 6.70. The summed E-state index contributed by atoms with van der Waals surface area (Å²) in [5.74, 6) is 0.703. The number of piperidine rings is 1. The fourth-order valence-corrected chi connectivity index (χ4v) is 3.75. The topological polar surface area (TPSA) is 72.8 Å². The van der Waals surface area contributed by atoms with Gasteiger partial charge in [0.05, 0.1) is 11.8 Å². The van der Waals surface area contributed by atoms with Crippen LogP contribution in [0.4, 0.5) is 0 Å². The van der Waals surface area contributed by atoms with Gasteiger partial charge in [0.1, 0.15) is 17.9 Å².